The summed E-state index contributed by atoms with van der Waals surface area (Å²) in [5.74, 6) is 0. The van der Waals surface area contributed by atoms with Gasteiger partial charge in [-0.2, -0.15) is 0 Å². The fraction of sp³-hybridized carbons (Fsp3) is 0.182. The molecule has 0 saturated heterocycles. The van der Waals surface area contributed by atoms with Gasteiger partial charge in [0.25, 0.3) is 0 Å². The highest BCUT2D eigenvalue weighted by molar-refractivity contribution is 6.43. The van der Waals surface area contributed by atoms with Gasteiger partial charge in [-0.15, -0.1) is 0 Å². The van der Waals surface area contributed by atoms with Crippen LogP contribution < -0.4 is 0 Å². The van der Waals surface area contributed by atoms with E-state index in [1.165, 1.54) is 0 Å². The summed E-state index contributed by atoms with van der Waals surface area (Å²) in [5.41, 5.74) is 1.83. The SMILES string of the molecule is Clc1cccc(C2=CCCC=N2)c1Cl. The molecule has 1 aliphatic rings. The molecule has 3 heteroatoms. The summed E-state index contributed by atoms with van der Waals surface area (Å²) in [6.45, 7) is 0. The van der Waals surface area contributed by atoms with Crippen molar-refractivity contribution >= 4 is 35.1 Å². The van der Waals surface area contributed by atoms with E-state index in [4.69, 9.17) is 23.2 Å². The van der Waals surface area contributed by atoms with Crippen LogP contribution in [0.3, 0.4) is 0 Å². The highest BCUT2D eigenvalue weighted by Crippen LogP contribution is 2.32. The highest BCUT2D eigenvalue weighted by atomic mass is 35.5. The van der Waals surface area contributed by atoms with E-state index >= 15 is 0 Å². The third kappa shape index (κ3) is 1.84. The van der Waals surface area contributed by atoms with E-state index in [1.54, 1.807) is 6.07 Å². The molecule has 2 rings (SSSR count). The number of benzene rings is 1. The summed E-state index contributed by atoms with van der Waals surface area (Å²) < 4.78 is 0. The lowest BCUT2D eigenvalue weighted by molar-refractivity contribution is 1.09. The van der Waals surface area contributed by atoms with Crippen molar-refractivity contribution in [2.24, 2.45) is 4.99 Å². The van der Waals surface area contributed by atoms with Crippen LogP contribution >= 0.6 is 23.2 Å². The van der Waals surface area contributed by atoms with Crippen molar-refractivity contribution in [2.75, 3.05) is 0 Å². The summed E-state index contributed by atoms with van der Waals surface area (Å²) in [6.07, 6.45) is 6.01. The first-order valence-corrected chi connectivity index (χ1v) is 5.21. The van der Waals surface area contributed by atoms with E-state index in [-0.39, 0.29) is 0 Å². The first-order chi connectivity index (χ1) is 6.79. The van der Waals surface area contributed by atoms with Crippen LogP contribution in [-0.2, 0) is 0 Å². The minimum atomic E-state index is 0.575. The third-order valence-corrected chi connectivity index (χ3v) is 2.91. The van der Waals surface area contributed by atoms with E-state index in [0.29, 0.717) is 10.0 Å². The minimum absolute atomic E-state index is 0.575. The van der Waals surface area contributed by atoms with Gasteiger partial charge in [-0.25, -0.2) is 0 Å². The van der Waals surface area contributed by atoms with Crippen molar-refractivity contribution in [3.63, 3.8) is 0 Å². The fourth-order valence-electron chi connectivity index (χ4n) is 1.39. The van der Waals surface area contributed by atoms with Gasteiger partial charge in [0.1, 0.15) is 0 Å². The molecule has 1 heterocycles. The molecular weight excluding hydrogens is 217 g/mol. The van der Waals surface area contributed by atoms with Gasteiger partial charge in [0.05, 0.1) is 15.7 Å². The lowest BCUT2D eigenvalue weighted by Gasteiger charge is -2.08. The van der Waals surface area contributed by atoms with Gasteiger partial charge < -0.3 is 0 Å². The number of allylic oxidation sites excluding steroid dienone is 1. The van der Waals surface area contributed by atoms with Crippen molar-refractivity contribution in [1.29, 1.82) is 0 Å². The maximum atomic E-state index is 6.08. The van der Waals surface area contributed by atoms with Crippen LogP contribution in [0.4, 0.5) is 0 Å². The van der Waals surface area contributed by atoms with Crippen LogP contribution in [0.15, 0.2) is 29.3 Å². The first kappa shape index (κ1) is 9.75. The topological polar surface area (TPSA) is 12.4 Å². The quantitative estimate of drug-likeness (QED) is 0.680. The average Bonchev–Trinajstić information content (AvgIpc) is 2.23. The van der Waals surface area contributed by atoms with Crippen LogP contribution in [0.25, 0.3) is 5.70 Å². The Kier molecular flexibility index (Phi) is 2.90. The molecule has 0 radical (unpaired) electrons. The number of nitrogens with zero attached hydrogens (tertiary/aromatic N) is 1. The molecule has 1 aromatic rings. The fourth-order valence-corrected chi connectivity index (χ4v) is 1.79. The van der Waals surface area contributed by atoms with Gasteiger partial charge in [-0.1, -0.05) is 41.4 Å². The molecule has 72 valence electrons. The third-order valence-electron chi connectivity index (χ3n) is 2.09. The average molecular weight is 226 g/mol. The van der Waals surface area contributed by atoms with Crippen LogP contribution in [0.1, 0.15) is 18.4 Å². The Morgan fingerprint density at radius 3 is 2.71 bits per heavy atom. The molecule has 1 aliphatic heterocycles. The Morgan fingerprint density at radius 2 is 2.00 bits per heavy atom. The number of hydrogen-bond acceptors (Lipinski definition) is 1. The van der Waals surface area contributed by atoms with Gasteiger partial charge in [0.2, 0.25) is 0 Å². The Labute approximate surface area is 93.1 Å². The lowest BCUT2D eigenvalue weighted by Crippen LogP contribution is -1.90. The zero-order valence-electron chi connectivity index (χ0n) is 7.50. The number of aliphatic imine (C=N–C) groups is 1. The van der Waals surface area contributed by atoms with Gasteiger partial charge >= 0.3 is 0 Å². The van der Waals surface area contributed by atoms with Crippen LogP contribution in [0.2, 0.25) is 10.0 Å². The first-order valence-electron chi connectivity index (χ1n) is 4.46. The van der Waals surface area contributed by atoms with Gasteiger partial charge in [-0.3, -0.25) is 4.99 Å². The monoisotopic (exact) mass is 225 g/mol. The lowest BCUT2D eigenvalue weighted by atomic mass is 10.1. The maximum Gasteiger partial charge on any atom is 0.0686 e. The van der Waals surface area contributed by atoms with Crippen molar-refractivity contribution in [1.82, 2.24) is 0 Å². The van der Waals surface area contributed by atoms with E-state index in [0.717, 1.165) is 24.1 Å². The van der Waals surface area contributed by atoms with Gasteiger partial charge in [0, 0.05) is 11.8 Å². The Hall–Kier alpha value is -0.790. The standard InChI is InChI=1S/C11H9Cl2N/c12-9-5-3-4-8(11(9)13)10-6-1-2-7-14-10/h3-7H,1-2H2. The second-order valence-electron chi connectivity index (χ2n) is 3.08. The van der Waals surface area contributed by atoms with E-state index in [1.807, 2.05) is 18.3 Å². The van der Waals surface area contributed by atoms with Crippen LogP contribution in [0.5, 0.6) is 0 Å². The summed E-state index contributed by atoms with van der Waals surface area (Å²) >= 11 is 12.0. The Balaban J connectivity index is 2.46. The second-order valence-corrected chi connectivity index (χ2v) is 3.86. The molecular formula is C11H9Cl2N. The largest absolute Gasteiger partial charge is 0.261 e. The normalized spacial score (nSPS) is 15.4. The summed E-state index contributed by atoms with van der Waals surface area (Å²) in [5, 5.41) is 1.16. The molecule has 0 spiro atoms. The predicted octanol–water partition coefficient (Wildman–Crippen LogP) is 4.20. The predicted molar refractivity (Wildman–Crippen MR) is 62.2 cm³/mol. The molecule has 0 unspecified atom stereocenters. The number of hydrogen-bond donors (Lipinski definition) is 0. The molecule has 0 fully saturated rings. The van der Waals surface area contributed by atoms with E-state index < -0.39 is 0 Å². The molecule has 0 N–H and O–H groups in total. The minimum Gasteiger partial charge on any atom is -0.261 e. The molecule has 0 aliphatic carbocycles. The van der Waals surface area contributed by atoms with Crippen molar-refractivity contribution in [2.45, 2.75) is 12.8 Å². The zero-order chi connectivity index (χ0) is 9.97. The van der Waals surface area contributed by atoms with Gasteiger partial charge in [-0.05, 0) is 18.9 Å². The van der Waals surface area contributed by atoms with Crippen LogP contribution in [0, 0.1) is 0 Å². The van der Waals surface area contributed by atoms with Gasteiger partial charge in [0.15, 0.2) is 0 Å². The Bertz CT molecular complexity index is 408. The number of halogens is 2. The molecule has 0 aromatic heterocycles. The molecule has 0 bridgehead atoms. The molecule has 1 nitrogen and oxygen atoms in total. The Morgan fingerprint density at radius 1 is 1.14 bits per heavy atom. The smallest absolute Gasteiger partial charge is 0.0686 e. The molecule has 0 atom stereocenters. The van der Waals surface area contributed by atoms with E-state index in [2.05, 4.69) is 11.1 Å². The number of rotatable bonds is 1. The zero-order valence-corrected chi connectivity index (χ0v) is 9.02. The molecule has 14 heavy (non-hydrogen) atoms. The van der Waals surface area contributed by atoms with Crippen LogP contribution in [-0.4, -0.2) is 6.21 Å². The highest BCUT2D eigenvalue weighted by Gasteiger charge is 2.09. The summed E-state index contributed by atoms with van der Waals surface area (Å²) in [7, 11) is 0. The molecule has 0 amide bonds. The second kappa shape index (κ2) is 4.16. The molecule has 0 saturated carbocycles. The van der Waals surface area contributed by atoms with Crippen molar-refractivity contribution in [3.05, 3.63) is 39.9 Å². The molecule has 1 aromatic carbocycles. The van der Waals surface area contributed by atoms with E-state index in [9.17, 15) is 0 Å². The van der Waals surface area contributed by atoms with Crippen molar-refractivity contribution in [3.8, 4) is 0 Å². The summed E-state index contributed by atoms with van der Waals surface area (Å²) in [6, 6.07) is 5.59. The van der Waals surface area contributed by atoms with Crippen molar-refractivity contribution < 1.29 is 0 Å². The summed E-state index contributed by atoms with van der Waals surface area (Å²) in [4.78, 5) is 4.29. The maximum absolute atomic E-state index is 6.08.